The van der Waals surface area contributed by atoms with Crippen molar-refractivity contribution in [2.24, 2.45) is 0 Å². The lowest BCUT2D eigenvalue weighted by Crippen LogP contribution is -2.31. The van der Waals surface area contributed by atoms with Crippen LogP contribution in [0.5, 0.6) is 0 Å². The molecule has 0 unspecified atom stereocenters. The maximum atomic E-state index is 4.84. The lowest BCUT2D eigenvalue weighted by Gasteiger charge is -2.28. The van der Waals surface area contributed by atoms with Crippen molar-refractivity contribution in [1.29, 1.82) is 0 Å². The Morgan fingerprint density at radius 3 is 2.74 bits per heavy atom. The highest BCUT2D eigenvalue weighted by Gasteiger charge is 2.20. The summed E-state index contributed by atoms with van der Waals surface area (Å²) in [7, 11) is 0. The van der Waals surface area contributed by atoms with Gasteiger partial charge in [-0.05, 0) is 18.6 Å². The number of nitrogens with zero attached hydrogens (tertiary/aromatic N) is 3. The molecule has 0 radical (unpaired) electrons. The first-order chi connectivity index (χ1) is 13.3. The van der Waals surface area contributed by atoms with Gasteiger partial charge in [0.2, 0.25) is 0 Å². The fourth-order valence-corrected chi connectivity index (χ4v) is 4.00. The van der Waals surface area contributed by atoms with Crippen LogP contribution in [0.25, 0.3) is 22.3 Å². The van der Waals surface area contributed by atoms with Crippen molar-refractivity contribution >= 4 is 10.9 Å². The number of rotatable bonds is 3. The van der Waals surface area contributed by atoms with Crippen molar-refractivity contribution in [3.63, 3.8) is 0 Å². The predicted octanol–water partition coefficient (Wildman–Crippen LogP) is 4.49. The number of aromatic nitrogens is 3. The van der Waals surface area contributed by atoms with Crippen LogP contribution >= 0.6 is 0 Å². The predicted molar refractivity (Wildman–Crippen MR) is 108 cm³/mol. The Kier molecular flexibility index (Phi) is 3.98. The molecule has 5 rings (SSSR count). The summed E-state index contributed by atoms with van der Waals surface area (Å²) in [5, 5.41) is 1.33. The molecular formula is C23H22N4. The lowest BCUT2D eigenvalue weighted by molar-refractivity contribution is 0.243. The van der Waals surface area contributed by atoms with E-state index in [1.807, 2.05) is 24.4 Å². The van der Waals surface area contributed by atoms with Gasteiger partial charge in [-0.1, -0.05) is 48.5 Å². The van der Waals surface area contributed by atoms with Crippen molar-refractivity contribution in [2.75, 3.05) is 6.54 Å². The van der Waals surface area contributed by atoms with Gasteiger partial charge in [0.15, 0.2) is 5.82 Å². The van der Waals surface area contributed by atoms with Gasteiger partial charge in [0.25, 0.3) is 0 Å². The average molecular weight is 354 g/mol. The first-order valence-corrected chi connectivity index (χ1v) is 9.47. The molecule has 0 aliphatic carbocycles. The third kappa shape index (κ3) is 3.02. The lowest BCUT2D eigenvalue weighted by atomic mass is 10.0. The third-order valence-corrected chi connectivity index (χ3v) is 5.45. The number of hydrogen-bond donors (Lipinski definition) is 1. The summed E-state index contributed by atoms with van der Waals surface area (Å²) in [6, 6.07) is 18.8. The standard InChI is InChI=1S/C23H22N4/c1-16-20(19-9-5-6-10-22(19)25-16)15-27-12-11-21-18(14-27)13-24-23(26-21)17-7-3-2-4-8-17/h2-10,13,25H,11-12,14-15H2,1H3. The molecule has 0 spiro atoms. The number of aromatic amines is 1. The van der Waals surface area contributed by atoms with E-state index in [-0.39, 0.29) is 0 Å². The molecule has 1 aliphatic heterocycles. The number of H-pyrrole nitrogens is 1. The van der Waals surface area contributed by atoms with Gasteiger partial charge in [0.1, 0.15) is 0 Å². The number of para-hydroxylation sites is 1. The van der Waals surface area contributed by atoms with Crippen LogP contribution in [0.15, 0.2) is 60.8 Å². The highest BCUT2D eigenvalue weighted by molar-refractivity contribution is 5.84. The van der Waals surface area contributed by atoms with Gasteiger partial charge < -0.3 is 4.98 Å². The molecule has 2 aromatic heterocycles. The molecule has 2 aromatic carbocycles. The molecule has 1 N–H and O–H groups in total. The van der Waals surface area contributed by atoms with Crippen molar-refractivity contribution in [3.05, 3.63) is 83.3 Å². The molecule has 0 amide bonds. The van der Waals surface area contributed by atoms with E-state index >= 15 is 0 Å². The number of benzene rings is 2. The minimum atomic E-state index is 0.829. The molecule has 0 atom stereocenters. The summed E-state index contributed by atoms with van der Waals surface area (Å²) in [4.78, 5) is 15.5. The molecule has 3 heterocycles. The Morgan fingerprint density at radius 1 is 1.04 bits per heavy atom. The van der Waals surface area contributed by atoms with E-state index < -0.39 is 0 Å². The summed E-state index contributed by atoms with van der Waals surface area (Å²) in [5.74, 6) is 0.829. The maximum absolute atomic E-state index is 4.84. The third-order valence-electron chi connectivity index (χ3n) is 5.45. The summed E-state index contributed by atoms with van der Waals surface area (Å²) >= 11 is 0. The molecule has 134 valence electrons. The summed E-state index contributed by atoms with van der Waals surface area (Å²) in [6.45, 7) is 5.05. The van der Waals surface area contributed by atoms with Crippen LogP contribution in [-0.4, -0.2) is 26.4 Å². The first kappa shape index (κ1) is 16.2. The number of aryl methyl sites for hydroxylation is 1. The molecule has 0 fully saturated rings. The van der Waals surface area contributed by atoms with E-state index in [1.165, 1.54) is 33.4 Å². The summed E-state index contributed by atoms with van der Waals surface area (Å²) in [6.07, 6.45) is 2.98. The smallest absolute Gasteiger partial charge is 0.159 e. The molecule has 0 saturated heterocycles. The zero-order valence-corrected chi connectivity index (χ0v) is 15.4. The Balaban J connectivity index is 1.39. The quantitative estimate of drug-likeness (QED) is 0.589. The number of fused-ring (bicyclic) bond motifs is 2. The number of hydrogen-bond acceptors (Lipinski definition) is 3. The van der Waals surface area contributed by atoms with Gasteiger partial charge >= 0.3 is 0 Å². The monoisotopic (exact) mass is 354 g/mol. The highest BCUT2D eigenvalue weighted by atomic mass is 15.1. The van der Waals surface area contributed by atoms with Crippen molar-refractivity contribution in [2.45, 2.75) is 26.4 Å². The van der Waals surface area contributed by atoms with Crippen LogP contribution in [0.2, 0.25) is 0 Å². The Bertz CT molecular complexity index is 1100. The van der Waals surface area contributed by atoms with Crippen LogP contribution in [0.3, 0.4) is 0 Å². The summed E-state index contributed by atoms with van der Waals surface area (Å²) in [5.41, 5.74) is 7.40. The SMILES string of the molecule is Cc1[nH]c2ccccc2c1CN1CCc2nc(-c3ccccc3)ncc2C1. The Morgan fingerprint density at radius 2 is 1.85 bits per heavy atom. The molecule has 0 saturated carbocycles. The van der Waals surface area contributed by atoms with Gasteiger partial charge in [0, 0.05) is 60.0 Å². The largest absolute Gasteiger partial charge is 0.358 e. The average Bonchev–Trinajstić information content (AvgIpc) is 3.03. The van der Waals surface area contributed by atoms with Gasteiger partial charge in [-0.2, -0.15) is 0 Å². The van der Waals surface area contributed by atoms with Crippen LogP contribution < -0.4 is 0 Å². The Hall–Kier alpha value is -2.98. The zero-order chi connectivity index (χ0) is 18.2. The van der Waals surface area contributed by atoms with E-state index in [9.17, 15) is 0 Å². The highest BCUT2D eigenvalue weighted by Crippen LogP contribution is 2.26. The van der Waals surface area contributed by atoms with Crippen LogP contribution in [-0.2, 0) is 19.5 Å². The second kappa shape index (κ2) is 6.63. The molecule has 1 aliphatic rings. The maximum Gasteiger partial charge on any atom is 0.159 e. The van der Waals surface area contributed by atoms with E-state index in [0.29, 0.717) is 0 Å². The minimum Gasteiger partial charge on any atom is -0.358 e. The molecule has 4 aromatic rings. The fourth-order valence-electron chi connectivity index (χ4n) is 4.00. The second-order valence-electron chi connectivity index (χ2n) is 7.27. The van der Waals surface area contributed by atoms with Gasteiger partial charge in [0.05, 0.1) is 5.69 Å². The van der Waals surface area contributed by atoms with Crippen LogP contribution in [0.1, 0.15) is 22.5 Å². The van der Waals surface area contributed by atoms with E-state index in [4.69, 9.17) is 4.98 Å². The van der Waals surface area contributed by atoms with Crippen molar-refractivity contribution < 1.29 is 0 Å². The first-order valence-electron chi connectivity index (χ1n) is 9.47. The summed E-state index contributed by atoms with van der Waals surface area (Å²) < 4.78 is 0. The van der Waals surface area contributed by atoms with E-state index in [0.717, 1.165) is 37.4 Å². The van der Waals surface area contributed by atoms with Crippen molar-refractivity contribution in [3.8, 4) is 11.4 Å². The van der Waals surface area contributed by atoms with E-state index in [1.54, 1.807) is 0 Å². The molecule has 4 heteroatoms. The van der Waals surface area contributed by atoms with Crippen molar-refractivity contribution in [1.82, 2.24) is 19.9 Å². The van der Waals surface area contributed by atoms with Gasteiger partial charge in [-0.3, -0.25) is 4.90 Å². The minimum absolute atomic E-state index is 0.829. The number of nitrogens with one attached hydrogen (secondary N) is 1. The molecule has 4 nitrogen and oxygen atoms in total. The molecule has 0 bridgehead atoms. The fraction of sp³-hybridized carbons (Fsp3) is 0.217. The Labute approximate surface area is 158 Å². The molecular weight excluding hydrogens is 332 g/mol. The topological polar surface area (TPSA) is 44.8 Å². The molecule has 27 heavy (non-hydrogen) atoms. The van der Waals surface area contributed by atoms with Gasteiger partial charge in [-0.25, -0.2) is 9.97 Å². The normalized spacial score (nSPS) is 14.4. The van der Waals surface area contributed by atoms with E-state index in [2.05, 4.69) is 58.2 Å². The van der Waals surface area contributed by atoms with Gasteiger partial charge in [-0.15, -0.1) is 0 Å². The van der Waals surface area contributed by atoms with Crippen LogP contribution in [0, 0.1) is 6.92 Å². The zero-order valence-electron chi connectivity index (χ0n) is 15.4. The second-order valence-corrected chi connectivity index (χ2v) is 7.27. The van der Waals surface area contributed by atoms with Crippen LogP contribution in [0.4, 0.5) is 0 Å².